The van der Waals surface area contributed by atoms with E-state index >= 15 is 0 Å². The van der Waals surface area contributed by atoms with Crippen LogP contribution in [0.1, 0.15) is 37.6 Å². The molecule has 0 unspecified atom stereocenters. The minimum Gasteiger partial charge on any atom is -0.346 e. The number of hydrogen-bond donors (Lipinski definition) is 0. The van der Waals surface area contributed by atoms with Crippen LogP contribution in [0.4, 0.5) is 0 Å². The van der Waals surface area contributed by atoms with Crippen molar-refractivity contribution < 1.29 is 18.9 Å². The number of thioether (sulfide) groups is 2. The molecule has 4 rings (SSSR count). The first-order valence-electron chi connectivity index (χ1n) is 10.2. The summed E-state index contributed by atoms with van der Waals surface area (Å²) in [6.07, 6.45) is -1.20. The molecule has 0 aromatic heterocycles. The molecule has 2 aliphatic rings. The van der Waals surface area contributed by atoms with Gasteiger partial charge in [-0.15, -0.1) is 23.5 Å². The van der Waals surface area contributed by atoms with Crippen LogP contribution >= 0.6 is 23.5 Å². The molecule has 2 aromatic carbocycles. The van der Waals surface area contributed by atoms with Crippen LogP contribution in [-0.4, -0.2) is 41.0 Å². The molecule has 0 amide bonds. The highest BCUT2D eigenvalue weighted by atomic mass is 32.2. The van der Waals surface area contributed by atoms with Crippen molar-refractivity contribution in [2.45, 2.75) is 49.3 Å². The molecule has 2 saturated heterocycles. The summed E-state index contributed by atoms with van der Waals surface area (Å²) in [5.74, 6) is 2.06. The van der Waals surface area contributed by atoms with Crippen LogP contribution in [0, 0.1) is 0 Å². The predicted octanol–water partition coefficient (Wildman–Crippen LogP) is 5.42. The van der Waals surface area contributed by atoms with E-state index in [1.807, 2.05) is 84.2 Å². The van der Waals surface area contributed by atoms with Gasteiger partial charge in [-0.1, -0.05) is 74.5 Å². The molecule has 29 heavy (non-hydrogen) atoms. The average Bonchev–Trinajstić information content (AvgIpc) is 2.79. The van der Waals surface area contributed by atoms with Crippen molar-refractivity contribution in [3.63, 3.8) is 0 Å². The van der Waals surface area contributed by atoms with Gasteiger partial charge in [0, 0.05) is 11.1 Å². The molecule has 2 aliphatic heterocycles. The Morgan fingerprint density at radius 3 is 1.97 bits per heavy atom. The van der Waals surface area contributed by atoms with Crippen LogP contribution in [0.15, 0.2) is 60.7 Å². The third-order valence-corrected chi connectivity index (χ3v) is 7.71. The summed E-state index contributed by atoms with van der Waals surface area (Å²) in [5, 5.41) is 0. The Kier molecular flexibility index (Phi) is 7.56. The molecule has 6 heteroatoms. The van der Waals surface area contributed by atoms with Gasteiger partial charge in [-0.3, -0.25) is 0 Å². The molecule has 0 bridgehead atoms. The lowest BCUT2D eigenvalue weighted by Crippen LogP contribution is -2.56. The zero-order valence-corrected chi connectivity index (χ0v) is 18.4. The molecule has 2 heterocycles. The van der Waals surface area contributed by atoms with Crippen molar-refractivity contribution in [2.75, 3.05) is 18.1 Å². The molecule has 0 spiro atoms. The SMILES string of the molecule is CCSC(SCC)[C@H]1O[C@H](c2ccccc2)O[C@@H]2CO[C@H](c3ccccc3)O[C@H]12. The van der Waals surface area contributed by atoms with E-state index in [9.17, 15) is 0 Å². The lowest BCUT2D eigenvalue weighted by Gasteiger charge is -2.47. The number of fused-ring (bicyclic) bond motifs is 1. The first-order chi connectivity index (χ1) is 14.3. The fourth-order valence-electron chi connectivity index (χ4n) is 3.70. The van der Waals surface area contributed by atoms with Crippen LogP contribution in [-0.2, 0) is 18.9 Å². The highest BCUT2D eigenvalue weighted by molar-refractivity contribution is 8.17. The molecule has 0 radical (unpaired) electrons. The fraction of sp³-hybridized carbons (Fsp3) is 0.478. The van der Waals surface area contributed by atoms with E-state index in [0.717, 1.165) is 22.6 Å². The standard InChI is InChI=1S/C23H28O4S2/c1-3-28-23(29-4-2)20-19-18(25-22(27-20)17-13-9-6-10-14-17)15-24-21(26-19)16-11-7-5-8-12-16/h5-14,18-23H,3-4,15H2,1-2H3/t18-,19+,20+,21+,22-/m1/s1. The molecule has 2 aromatic rings. The van der Waals surface area contributed by atoms with Gasteiger partial charge in [-0.05, 0) is 11.5 Å². The maximum atomic E-state index is 6.55. The van der Waals surface area contributed by atoms with Crippen LogP contribution in [0.2, 0.25) is 0 Å². The van der Waals surface area contributed by atoms with Gasteiger partial charge in [0.1, 0.15) is 18.3 Å². The van der Waals surface area contributed by atoms with Crippen LogP contribution in [0.3, 0.4) is 0 Å². The molecule has 0 saturated carbocycles. The Morgan fingerprint density at radius 2 is 1.38 bits per heavy atom. The minimum atomic E-state index is -0.402. The van der Waals surface area contributed by atoms with Gasteiger partial charge in [0.15, 0.2) is 12.6 Å². The van der Waals surface area contributed by atoms with Gasteiger partial charge < -0.3 is 18.9 Å². The Balaban J connectivity index is 1.59. The third-order valence-electron chi connectivity index (χ3n) is 5.04. The van der Waals surface area contributed by atoms with Crippen LogP contribution in [0.5, 0.6) is 0 Å². The van der Waals surface area contributed by atoms with E-state index in [0.29, 0.717) is 6.61 Å². The van der Waals surface area contributed by atoms with Gasteiger partial charge in [0.25, 0.3) is 0 Å². The number of hydrogen-bond acceptors (Lipinski definition) is 6. The third kappa shape index (κ3) is 5.01. The van der Waals surface area contributed by atoms with Crippen molar-refractivity contribution in [2.24, 2.45) is 0 Å². The van der Waals surface area contributed by atoms with Crippen molar-refractivity contribution in [3.8, 4) is 0 Å². The first kappa shape index (κ1) is 21.2. The second-order valence-electron chi connectivity index (χ2n) is 6.97. The molecular weight excluding hydrogens is 404 g/mol. The maximum absolute atomic E-state index is 6.55. The topological polar surface area (TPSA) is 36.9 Å². The zero-order chi connectivity index (χ0) is 20.1. The molecule has 2 fully saturated rings. The van der Waals surface area contributed by atoms with Gasteiger partial charge >= 0.3 is 0 Å². The highest BCUT2D eigenvalue weighted by Gasteiger charge is 2.48. The minimum absolute atomic E-state index is 0.0797. The van der Waals surface area contributed by atoms with Crippen molar-refractivity contribution in [3.05, 3.63) is 71.8 Å². The second kappa shape index (κ2) is 10.3. The lowest BCUT2D eigenvalue weighted by atomic mass is 10.0. The second-order valence-corrected chi connectivity index (χ2v) is 10.1. The smallest absolute Gasteiger partial charge is 0.184 e. The molecule has 4 nitrogen and oxygen atoms in total. The number of ether oxygens (including phenoxy) is 4. The van der Waals surface area contributed by atoms with Gasteiger partial charge in [0.05, 0.1) is 11.2 Å². The Hall–Kier alpha value is -1.02. The highest BCUT2D eigenvalue weighted by Crippen LogP contribution is 2.43. The van der Waals surface area contributed by atoms with E-state index in [4.69, 9.17) is 18.9 Å². The zero-order valence-electron chi connectivity index (χ0n) is 16.8. The number of rotatable bonds is 7. The predicted molar refractivity (Wildman–Crippen MR) is 119 cm³/mol. The fourth-order valence-corrected chi connectivity index (χ4v) is 6.38. The normalized spacial score (nSPS) is 29.6. The summed E-state index contributed by atoms with van der Waals surface area (Å²) in [4.78, 5) is 0. The van der Waals surface area contributed by atoms with Crippen molar-refractivity contribution in [1.29, 1.82) is 0 Å². The molecule has 0 N–H and O–H groups in total. The van der Waals surface area contributed by atoms with Crippen molar-refractivity contribution >= 4 is 23.5 Å². The van der Waals surface area contributed by atoms with E-state index in [2.05, 4.69) is 13.8 Å². The summed E-state index contributed by atoms with van der Waals surface area (Å²) in [7, 11) is 0. The summed E-state index contributed by atoms with van der Waals surface area (Å²) in [5.41, 5.74) is 2.06. The number of benzene rings is 2. The summed E-state index contributed by atoms with van der Waals surface area (Å²) < 4.78 is 25.6. The largest absolute Gasteiger partial charge is 0.346 e. The van der Waals surface area contributed by atoms with Gasteiger partial charge in [0.2, 0.25) is 0 Å². The monoisotopic (exact) mass is 432 g/mol. The summed E-state index contributed by atoms with van der Waals surface area (Å²) in [6.45, 7) is 4.88. The quantitative estimate of drug-likeness (QED) is 0.544. The Bertz CT molecular complexity index is 739. The Morgan fingerprint density at radius 1 is 0.793 bits per heavy atom. The molecule has 156 valence electrons. The lowest BCUT2D eigenvalue weighted by molar-refractivity contribution is -0.361. The molecule has 5 atom stereocenters. The van der Waals surface area contributed by atoms with Crippen molar-refractivity contribution in [1.82, 2.24) is 0 Å². The molecule has 0 aliphatic carbocycles. The maximum Gasteiger partial charge on any atom is 0.184 e. The summed E-state index contributed by atoms with van der Waals surface area (Å²) in [6, 6.07) is 20.2. The Labute approximate surface area is 181 Å². The first-order valence-corrected chi connectivity index (χ1v) is 12.3. The average molecular weight is 433 g/mol. The van der Waals surface area contributed by atoms with E-state index < -0.39 is 6.29 Å². The molecular formula is C23H28O4S2. The van der Waals surface area contributed by atoms with E-state index in [1.165, 1.54) is 0 Å². The van der Waals surface area contributed by atoms with E-state index in [1.54, 1.807) is 0 Å². The van der Waals surface area contributed by atoms with Crippen LogP contribution < -0.4 is 0 Å². The summed E-state index contributed by atoms with van der Waals surface area (Å²) >= 11 is 3.84. The van der Waals surface area contributed by atoms with E-state index in [-0.39, 0.29) is 29.2 Å². The van der Waals surface area contributed by atoms with Gasteiger partial charge in [-0.25, -0.2) is 0 Å². The van der Waals surface area contributed by atoms with Gasteiger partial charge in [-0.2, -0.15) is 0 Å². The van der Waals surface area contributed by atoms with Crippen LogP contribution in [0.25, 0.3) is 0 Å².